The van der Waals surface area contributed by atoms with E-state index >= 15 is 0 Å². The Bertz CT molecular complexity index is 1010. The largest absolute Gasteiger partial charge is 0.394 e. The number of aliphatic hydroxyl groups excluding tert-OH is 5. The molecule has 0 aliphatic carbocycles. The van der Waals surface area contributed by atoms with Crippen LogP contribution in [0.4, 0.5) is 0 Å². The fourth-order valence-electron chi connectivity index (χ4n) is 9.16. The lowest BCUT2D eigenvalue weighted by Crippen LogP contribution is -2.60. The Balaban J connectivity index is 1.96. The van der Waals surface area contributed by atoms with E-state index < -0.39 is 49.5 Å². The first-order valence-corrected chi connectivity index (χ1v) is 27.9. The van der Waals surface area contributed by atoms with Crippen molar-refractivity contribution in [3.63, 3.8) is 0 Å². The maximum absolute atomic E-state index is 12.9. The van der Waals surface area contributed by atoms with E-state index in [0.717, 1.165) is 44.9 Å². The number of hydrogen-bond acceptors (Lipinski definition) is 8. The van der Waals surface area contributed by atoms with Crippen molar-refractivity contribution in [2.75, 3.05) is 13.2 Å². The van der Waals surface area contributed by atoms with Gasteiger partial charge in [-0.05, 0) is 19.3 Å². The normalized spacial score (nSPS) is 20.0. The number of aliphatic hydroxyl groups is 5. The molecule has 1 rings (SSSR count). The molecule has 1 heterocycles. The first-order valence-electron chi connectivity index (χ1n) is 27.9. The third kappa shape index (κ3) is 35.1. The molecular formula is C55H107NO8. The number of amides is 1. The summed E-state index contributed by atoms with van der Waals surface area (Å²) in [6.07, 6.45) is 49.3. The quantitative estimate of drug-likeness (QED) is 0.0261. The van der Waals surface area contributed by atoms with E-state index in [1.54, 1.807) is 6.08 Å². The van der Waals surface area contributed by atoms with Gasteiger partial charge in [0.2, 0.25) is 5.91 Å². The summed E-state index contributed by atoms with van der Waals surface area (Å²) in [4.78, 5) is 12.9. The summed E-state index contributed by atoms with van der Waals surface area (Å²) in [6.45, 7) is 3.71. The summed E-state index contributed by atoms with van der Waals surface area (Å²) in [5.74, 6) is -0.177. The van der Waals surface area contributed by atoms with Crippen molar-refractivity contribution in [2.45, 2.75) is 320 Å². The van der Waals surface area contributed by atoms with E-state index in [0.29, 0.717) is 6.42 Å². The monoisotopic (exact) mass is 910 g/mol. The maximum atomic E-state index is 12.9. The van der Waals surface area contributed by atoms with Crippen LogP contribution in [0.3, 0.4) is 0 Å². The summed E-state index contributed by atoms with van der Waals surface area (Å²) in [7, 11) is 0. The topological polar surface area (TPSA) is 149 Å². The Kier molecular flexibility index (Phi) is 43.5. The fraction of sp³-hybridized carbons (Fsp3) is 0.945. The number of allylic oxidation sites excluding steroid dienone is 1. The summed E-state index contributed by atoms with van der Waals surface area (Å²) in [5.41, 5.74) is 0. The molecule has 0 spiro atoms. The highest BCUT2D eigenvalue weighted by molar-refractivity contribution is 5.76. The van der Waals surface area contributed by atoms with Gasteiger partial charge in [0.05, 0.1) is 25.4 Å². The minimum Gasteiger partial charge on any atom is -0.394 e. The average molecular weight is 910 g/mol. The summed E-state index contributed by atoms with van der Waals surface area (Å²) in [6, 6.07) is -0.797. The lowest BCUT2D eigenvalue weighted by Gasteiger charge is -2.40. The van der Waals surface area contributed by atoms with E-state index in [4.69, 9.17) is 9.47 Å². The van der Waals surface area contributed by atoms with Crippen LogP contribution in [0.15, 0.2) is 12.2 Å². The zero-order valence-corrected chi connectivity index (χ0v) is 42.1. The van der Waals surface area contributed by atoms with Gasteiger partial charge in [0.15, 0.2) is 6.29 Å². The molecule has 64 heavy (non-hydrogen) atoms. The van der Waals surface area contributed by atoms with Crippen LogP contribution < -0.4 is 5.32 Å². The Hall–Kier alpha value is -1.07. The second-order valence-corrected chi connectivity index (χ2v) is 19.7. The van der Waals surface area contributed by atoms with Gasteiger partial charge in [0.25, 0.3) is 0 Å². The van der Waals surface area contributed by atoms with Gasteiger partial charge in [-0.25, -0.2) is 0 Å². The molecule has 0 aromatic heterocycles. The van der Waals surface area contributed by atoms with Crippen molar-refractivity contribution in [3.05, 3.63) is 12.2 Å². The van der Waals surface area contributed by atoms with Gasteiger partial charge in [-0.3, -0.25) is 4.79 Å². The van der Waals surface area contributed by atoms with Gasteiger partial charge >= 0.3 is 0 Å². The van der Waals surface area contributed by atoms with Gasteiger partial charge in [0.1, 0.15) is 24.4 Å². The van der Waals surface area contributed by atoms with Crippen LogP contribution in [-0.2, 0) is 14.3 Å². The van der Waals surface area contributed by atoms with E-state index in [1.807, 2.05) is 6.08 Å². The molecule has 9 nitrogen and oxygen atoms in total. The number of rotatable bonds is 48. The average Bonchev–Trinajstić information content (AvgIpc) is 3.29. The number of carbonyl (C=O) groups excluding carboxylic acids is 1. The maximum Gasteiger partial charge on any atom is 0.220 e. The molecule has 380 valence electrons. The van der Waals surface area contributed by atoms with Crippen LogP contribution in [0.2, 0.25) is 0 Å². The molecule has 1 aliphatic rings. The summed E-state index contributed by atoms with van der Waals surface area (Å²) >= 11 is 0. The molecule has 1 amide bonds. The van der Waals surface area contributed by atoms with Gasteiger partial charge in [0, 0.05) is 6.42 Å². The zero-order chi connectivity index (χ0) is 46.6. The highest BCUT2D eigenvalue weighted by Crippen LogP contribution is 2.23. The molecule has 9 heteroatoms. The highest BCUT2D eigenvalue weighted by atomic mass is 16.7. The molecule has 0 bridgehead atoms. The van der Waals surface area contributed by atoms with E-state index in [-0.39, 0.29) is 12.5 Å². The van der Waals surface area contributed by atoms with Crippen LogP contribution in [0.1, 0.15) is 277 Å². The molecule has 1 fully saturated rings. The lowest BCUT2D eigenvalue weighted by molar-refractivity contribution is -0.302. The Morgan fingerprint density at radius 3 is 1.22 bits per heavy atom. The number of unbranched alkanes of at least 4 members (excludes halogenated alkanes) is 38. The minimum atomic E-state index is -1.56. The Morgan fingerprint density at radius 2 is 0.859 bits per heavy atom. The molecule has 6 N–H and O–H groups in total. The van der Waals surface area contributed by atoms with Crippen LogP contribution in [-0.4, -0.2) is 87.5 Å². The Morgan fingerprint density at radius 1 is 0.516 bits per heavy atom. The molecule has 0 saturated carbocycles. The van der Waals surface area contributed by atoms with Crippen LogP contribution >= 0.6 is 0 Å². The highest BCUT2D eigenvalue weighted by Gasteiger charge is 2.44. The second-order valence-electron chi connectivity index (χ2n) is 19.7. The lowest BCUT2D eigenvalue weighted by atomic mass is 9.99. The van der Waals surface area contributed by atoms with Gasteiger partial charge in [-0.15, -0.1) is 0 Å². The summed E-state index contributed by atoms with van der Waals surface area (Å²) < 4.78 is 11.2. The first kappa shape index (κ1) is 60.9. The van der Waals surface area contributed by atoms with Gasteiger partial charge < -0.3 is 40.3 Å². The molecular weight excluding hydrogens is 803 g/mol. The predicted molar refractivity (Wildman–Crippen MR) is 267 cm³/mol. The van der Waals surface area contributed by atoms with Crippen LogP contribution in [0.25, 0.3) is 0 Å². The third-order valence-electron chi connectivity index (χ3n) is 13.6. The van der Waals surface area contributed by atoms with Gasteiger partial charge in [-0.2, -0.15) is 0 Å². The van der Waals surface area contributed by atoms with Crippen molar-refractivity contribution >= 4 is 5.91 Å². The summed E-state index contributed by atoms with van der Waals surface area (Å²) in [5, 5.41) is 53.9. The Labute approximate surface area is 395 Å². The zero-order valence-electron chi connectivity index (χ0n) is 42.1. The van der Waals surface area contributed by atoms with E-state index in [1.165, 1.54) is 212 Å². The van der Waals surface area contributed by atoms with E-state index in [2.05, 4.69) is 19.2 Å². The van der Waals surface area contributed by atoms with Crippen molar-refractivity contribution < 1.29 is 39.8 Å². The molecule has 7 unspecified atom stereocenters. The smallest absolute Gasteiger partial charge is 0.220 e. The number of hydrogen-bond donors (Lipinski definition) is 6. The SMILES string of the molecule is CCCCCC/C=C/C(O)C(COC1OC(CO)C(O)C(O)C1O)NC(=O)CCCCCCCCCCCCCCCCCCCCCCCCCCCCCCCCCCCCC. The number of carbonyl (C=O) groups is 1. The minimum absolute atomic E-state index is 0.177. The number of ether oxygens (including phenoxy) is 2. The van der Waals surface area contributed by atoms with Crippen molar-refractivity contribution in [1.82, 2.24) is 5.32 Å². The fourth-order valence-corrected chi connectivity index (χ4v) is 9.16. The van der Waals surface area contributed by atoms with Crippen LogP contribution in [0.5, 0.6) is 0 Å². The van der Waals surface area contributed by atoms with Crippen molar-refractivity contribution in [2.24, 2.45) is 0 Å². The molecule has 7 atom stereocenters. The first-order chi connectivity index (χ1) is 31.3. The molecule has 0 aromatic carbocycles. The third-order valence-corrected chi connectivity index (χ3v) is 13.6. The van der Waals surface area contributed by atoms with Crippen molar-refractivity contribution in [1.29, 1.82) is 0 Å². The predicted octanol–water partition coefficient (Wildman–Crippen LogP) is 13.2. The number of nitrogens with one attached hydrogen (secondary N) is 1. The van der Waals surface area contributed by atoms with Gasteiger partial charge in [-0.1, -0.05) is 264 Å². The van der Waals surface area contributed by atoms with Crippen molar-refractivity contribution in [3.8, 4) is 0 Å². The molecule has 1 aliphatic heterocycles. The second kappa shape index (κ2) is 45.7. The van der Waals surface area contributed by atoms with Crippen LogP contribution in [0, 0.1) is 0 Å². The molecule has 1 saturated heterocycles. The molecule has 0 aromatic rings. The standard InChI is InChI=1S/C55H107NO8/c1-3-5-7-9-11-12-13-14-15-16-17-18-19-20-21-22-23-24-25-26-27-28-29-30-31-32-33-34-35-36-37-38-39-41-43-45-51(59)56-48(49(58)44-42-40-10-8-6-4-2)47-63-55-54(62)53(61)52(60)50(46-57)64-55/h42,44,48-50,52-55,57-58,60-62H,3-41,43,45-47H2,1-2H3,(H,56,59)/b44-42+. The molecule has 0 radical (unpaired) electrons. The van der Waals surface area contributed by atoms with E-state index in [9.17, 15) is 30.3 Å².